The predicted molar refractivity (Wildman–Crippen MR) is 71.6 cm³/mol. The summed E-state index contributed by atoms with van der Waals surface area (Å²) in [5.74, 6) is 0.766. The first-order chi connectivity index (χ1) is 8.70. The zero-order chi connectivity index (χ0) is 13.0. The maximum absolute atomic E-state index is 12.4. The maximum Gasteiger partial charge on any atom is 0.320 e. The maximum atomic E-state index is 12.4. The van der Waals surface area contributed by atoms with Crippen molar-refractivity contribution in [3.63, 3.8) is 0 Å². The molecule has 1 unspecified atom stereocenters. The van der Waals surface area contributed by atoms with E-state index in [0.29, 0.717) is 0 Å². The molecule has 0 saturated carbocycles. The van der Waals surface area contributed by atoms with Crippen LogP contribution in [0.2, 0.25) is 0 Å². The van der Waals surface area contributed by atoms with E-state index < -0.39 is 0 Å². The fourth-order valence-corrected chi connectivity index (χ4v) is 2.78. The summed E-state index contributed by atoms with van der Waals surface area (Å²) in [5, 5.41) is 0. The van der Waals surface area contributed by atoms with Crippen molar-refractivity contribution in [2.45, 2.75) is 45.6 Å². The van der Waals surface area contributed by atoms with Crippen LogP contribution in [0.1, 0.15) is 39.5 Å². The second-order valence-corrected chi connectivity index (χ2v) is 5.63. The Morgan fingerprint density at radius 1 is 1.33 bits per heavy atom. The van der Waals surface area contributed by atoms with E-state index in [2.05, 4.69) is 13.8 Å². The molecule has 0 bridgehead atoms. The van der Waals surface area contributed by atoms with Crippen molar-refractivity contribution in [3.8, 4) is 0 Å². The van der Waals surface area contributed by atoms with E-state index in [-0.39, 0.29) is 12.1 Å². The van der Waals surface area contributed by atoms with E-state index in [0.717, 1.165) is 64.4 Å². The Balaban J connectivity index is 1.84. The molecule has 0 aliphatic carbocycles. The summed E-state index contributed by atoms with van der Waals surface area (Å²) in [7, 11) is 0. The van der Waals surface area contributed by atoms with E-state index >= 15 is 0 Å². The lowest BCUT2D eigenvalue weighted by Crippen LogP contribution is -2.48. The summed E-state index contributed by atoms with van der Waals surface area (Å²) in [5.41, 5.74) is 0. The molecule has 0 radical (unpaired) electrons. The molecule has 0 aromatic rings. The van der Waals surface area contributed by atoms with Gasteiger partial charge in [-0.05, 0) is 38.5 Å². The zero-order valence-electron chi connectivity index (χ0n) is 11.7. The number of hydrogen-bond donors (Lipinski definition) is 0. The number of amides is 2. The smallest absolute Gasteiger partial charge is 0.320 e. The standard InChI is InChI=1S/C14H26N2O2/c1-3-15(11-13-5-4-10-18-13)14(17)16-8-6-12(2)7-9-16/h12-13H,3-11H2,1-2H3. The summed E-state index contributed by atoms with van der Waals surface area (Å²) in [6.45, 7) is 8.57. The average molecular weight is 254 g/mol. The van der Waals surface area contributed by atoms with Crippen LogP contribution in [0.4, 0.5) is 4.79 Å². The Bertz CT molecular complexity index is 269. The highest BCUT2D eigenvalue weighted by molar-refractivity contribution is 5.74. The lowest BCUT2D eigenvalue weighted by molar-refractivity contribution is 0.0712. The molecular weight excluding hydrogens is 228 g/mol. The number of ether oxygens (including phenoxy) is 1. The van der Waals surface area contributed by atoms with Gasteiger partial charge in [0.1, 0.15) is 0 Å². The molecule has 2 amide bonds. The monoisotopic (exact) mass is 254 g/mol. The topological polar surface area (TPSA) is 32.8 Å². The lowest BCUT2D eigenvalue weighted by Gasteiger charge is -2.35. The van der Waals surface area contributed by atoms with Gasteiger partial charge >= 0.3 is 6.03 Å². The van der Waals surface area contributed by atoms with Gasteiger partial charge in [-0.15, -0.1) is 0 Å². The van der Waals surface area contributed by atoms with Gasteiger partial charge in [0.05, 0.1) is 6.10 Å². The van der Waals surface area contributed by atoms with E-state index in [1.165, 1.54) is 0 Å². The largest absolute Gasteiger partial charge is 0.376 e. The van der Waals surface area contributed by atoms with Gasteiger partial charge in [0.15, 0.2) is 0 Å². The summed E-state index contributed by atoms with van der Waals surface area (Å²) in [6.07, 6.45) is 4.78. The van der Waals surface area contributed by atoms with Crippen LogP contribution in [-0.4, -0.2) is 54.7 Å². The number of likely N-dealkylation sites (tertiary alicyclic amines) is 1. The first-order valence-electron chi connectivity index (χ1n) is 7.36. The highest BCUT2D eigenvalue weighted by Gasteiger charge is 2.27. The van der Waals surface area contributed by atoms with Crippen LogP contribution in [-0.2, 0) is 4.74 Å². The number of likely N-dealkylation sites (N-methyl/N-ethyl adjacent to an activating group) is 1. The molecule has 4 nitrogen and oxygen atoms in total. The molecule has 2 aliphatic heterocycles. The zero-order valence-corrected chi connectivity index (χ0v) is 11.7. The van der Waals surface area contributed by atoms with Crippen LogP contribution < -0.4 is 0 Å². The molecule has 0 aromatic heterocycles. The summed E-state index contributed by atoms with van der Waals surface area (Å²) in [4.78, 5) is 16.4. The van der Waals surface area contributed by atoms with Gasteiger partial charge in [-0.25, -0.2) is 4.79 Å². The molecular formula is C14H26N2O2. The molecule has 4 heteroatoms. The number of rotatable bonds is 3. The SMILES string of the molecule is CCN(CC1CCCO1)C(=O)N1CCC(C)CC1. The van der Waals surface area contributed by atoms with Crippen LogP contribution in [0, 0.1) is 5.92 Å². The van der Waals surface area contributed by atoms with Gasteiger partial charge in [-0.3, -0.25) is 0 Å². The molecule has 2 heterocycles. The molecule has 0 aromatic carbocycles. The fraction of sp³-hybridized carbons (Fsp3) is 0.929. The van der Waals surface area contributed by atoms with Crippen molar-refractivity contribution < 1.29 is 9.53 Å². The summed E-state index contributed by atoms with van der Waals surface area (Å²) < 4.78 is 5.63. The fourth-order valence-electron chi connectivity index (χ4n) is 2.78. The summed E-state index contributed by atoms with van der Waals surface area (Å²) in [6, 6.07) is 0.208. The Kier molecular flexibility index (Phi) is 4.87. The number of hydrogen-bond acceptors (Lipinski definition) is 2. The third-order valence-electron chi connectivity index (χ3n) is 4.15. The number of piperidine rings is 1. The van der Waals surface area contributed by atoms with Gasteiger partial charge < -0.3 is 14.5 Å². The second-order valence-electron chi connectivity index (χ2n) is 5.63. The third kappa shape index (κ3) is 3.37. The second kappa shape index (κ2) is 6.41. The minimum atomic E-state index is 0.208. The van der Waals surface area contributed by atoms with Crippen LogP contribution in [0.15, 0.2) is 0 Å². The Hall–Kier alpha value is -0.770. The number of urea groups is 1. The Labute approximate surface area is 110 Å². The van der Waals surface area contributed by atoms with E-state index in [4.69, 9.17) is 4.74 Å². The van der Waals surface area contributed by atoms with Crippen LogP contribution in [0.5, 0.6) is 0 Å². The molecule has 0 N–H and O–H groups in total. The van der Waals surface area contributed by atoms with E-state index in [1.807, 2.05) is 9.80 Å². The lowest BCUT2D eigenvalue weighted by atomic mass is 9.99. The highest BCUT2D eigenvalue weighted by Crippen LogP contribution is 2.19. The summed E-state index contributed by atoms with van der Waals surface area (Å²) >= 11 is 0. The van der Waals surface area contributed by atoms with Crippen molar-refractivity contribution in [2.75, 3.05) is 32.8 Å². The van der Waals surface area contributed by atoms with Crippen molar-refractivity contribution >= 4 is 6.03 Å². The number of carbonyl (C=O) groups is 1. The van der Waals surface area contributed by atoms with Crippen LogP contribution in [0.3, 0.4) is 0 Å². The van der Waals surface area contributed by atoms with Gasteiger partial charge in [-0.2, -0.15) is 0 Å². The van der Waals surface area contributed by atoms with E-state index in [9.17, 15) is 4.79 Å². The van der Waals surface area contributed by atoms with Gasteiger partial charge in [0.25, 0.3) is 0 Å². The van der Waals surface area contributed by atoms with Crippen LogP contribution >= 0.6 is 0 Å². The molecule has 2 saturated heterocycles. The predicted octanol–water partition coefficient (Wildman–Crippen LogP) is 2.34. The molecule has 1 atom stereocenters. The normalized spacial score (nSPS) is 25.4. The van der Waals surface area contributed by atoms with Gasteiger partial charge in [0, 0.05) is 32.8 Å². The van der Waals surface area contributed by atoms with Crippen molar-refractivity contribution in [1.29, 1.82) is 0 Å². The number of carbonyl (C=O) groups excluding carboxylic acids is 1. The average Bonchev–Trinajstić information content (AvgIpc) is 2.89. The molecule has 2 fully saturated rings. The van der Waals surface area contributed by atoms with Crippen molar-refractivity contribution in [1.82, 2.24) is 9.80 Å². The first kappa shape index (κ1) is 13.7. The molecule has 104 valence electrons. The third-order valence-corrected chi connectivity index (χ3v) is 4.15. The molecule has 2 rings (SSSR count). The molecule has 2 aliphatic rings. The number of nitrogens with zero attached hydrogens (tertiary/aromatic N) is 2. The van der Waals surface area contributed by atoms with Gasteiger partial charge in [0.2, 0.25) is 0 Å². The first-order valence-corrected chi connectivity index (χ1v) is 7.36. The molecule has 0 spiro atoms. The highest BCUT2D eigenvalue weighted by atomic mass is 16.5. The van der Waals surface area contributed by atoms with Crippen molar-refractivity contribution in [2.24, 2.45) is 5.92 Å². The van der Waals surface area contributed by atoms with Crippen molar-refractivity contribution in [3.05, 3.63) is 0 Å². The Morgan fingerprint density at radius 2 is 2.06 bits per heavy atom. The minimum absolute atomic E-state index is 0.208. The quantitative estimate of drug-likeness (QED) is 0.774. The molecule has 18 heavy (non-hydrogen) atoms. The van der Waals surface area contributed by atoms with Gasteiger partial charge in [-0.1, -0.05) is 6.92 Å². The van der Waals surface area contributed by atoms with E-state index in [1.54, 1.807) is 0 Å². The Morgan fingerprint density at radius 3 is 2.61 bits per heavy atom. The van der Waals surface area contributed by atoms with Crippen LogP contribution in [0.25, 0.3) is 0 Å². The minimum Gasteiger partial charge on any atom is -0.376 e.